The Morgan fingerprint density at radius 2 is 2.11 bits per heavy atom. The van der Waals surface area contributed by atoms with Crippen molar-refractivity contribution in [2.75, 3.05) is 25.1 Å². The molecule has 0 aromatic rings. The number of rotatable bonds is 5. The first kappa shape index (κ1) is 14.9. The van der Waals surface area contributed by atoms with Gasteiger partial charge in [-0.25, -0.2) is 8.42 Å². The van der Waals surface area contributed by atoms with Crippen LogP contribution in [0.15, 0.2) is 0 Å². The number of carbonyl (C=O) groups is 2. The zero-order valence-corrected chi connectivity index (χ0v) is 11.0. The lowest BCUT2D eigenvalue weighted by Gasteiger charge is -2.20. The third-order valence-corrected chi connectivity index (χ3v) is 3.94. The Labute approximate surface area is 106 Å². The summed E-state index contributed by atoms with van der Waals surface area (Å²) in [4.78, 5) is 24.0. The van der Waals surface area contributed by atoms with Gasteiger partial charge in [0.05, 0.1) is 17.7 Å². The highest BCUT2D eigenvalue weighted by atomic mass is 32.2. The molecule has 1 saturated heterocycles. The van der Waals surface area contributed by atoms with Crippen molar-refractivity contribution in [2.45, 2.75) is 18.9 Å². The average Bonchev–Trinajstić information content (AvgIpc) is 2.73. The van der Waals surface area contributed by atoms with Gasteiger partial charge in [0.25, 0.3) is 0 Å². The third-order valence-electron chi connectivity index (χ3n) is 2.97. The molecule has 1 rings (SSSR count). The van der Waals surface area contributed by atoms with Gasteiger partial charge in [-0.2, -0.15) is 0 Å². The summed E-state index contributed by atoms with van der Waals surface area (Å²) in [6.45, 7) is 0.517. The number of amides is 1. The summed E-state index contributed by atoms with van der Waals surface area (Å²) >= 11 is 0. The molecule has 3 N–H and O–H groups in total. The van der Waals surface area contributed by atoms with Gasteiger partial charge in [-0.05, 0) is 12.8 Å². The number of sulfone groups is 1. The maximum atomic E-state index is 11.8. The van der Waals surface area contributed by atoms with Crippen LogP contribution in [0.4, 0.5) is 0 Å². The molecule has 1 heterocycles. The van der Waals surface area contributed by atoms with E-state index in [1.54, 1.807) is 0 Å². The summed E-state index contributed by atoms with van der Waals surface area (Å²) < 4.78 is 21.9. The van der Waals surface area contributed by atoms with Crippen molar-refractivity contribution in [1.82, 2.24) is 4.90 Å². The molecular formula is C10H18N2O5S. The van der Waals surface area contributed by atoms with Gasteiger partial charge >= 0.3 is 5.97 Å². The van der Waals surface area contributed by atoms with Gasteiger partial charge in [0.2, 0.25) is 5.91 Å². The molecule has 1 aliphatic rings. The molecule has 0 spiro atoms. The van der Waals surface area contributed by atoms with Gasteiger partial charge in [0.15, 0.2) is 0 Å². The van der Waals surface area contributed by atoms with Crippen LogP contribution < -0.4 is 5.73 Å². The number of carboxylic acids is 1. The molecule has 0 aliphatic carbocycles. The lowest BCUT2D eigenvalue weighted by atomic mass is 10.1. The van der Waals surface area contributed by atoms with Gasteiger partial charge in [0, 0.05) is 19.3 Å². The average molecular weight is 278 g/mol. The molecule has 18 heavy (non-hydrogen) atoms. The zero-order chi connectivity index (χ0) is 13.9. The van der Waals surface area contributed by atoms with Gasteiger partial charge < -0.3 is 15.7 Å². The maximum absolute atomic E-state index is 11.8. The largest absolute Gasteiger partial charge is 0.481 e. The van der Waals surface area contributed by atoms with Crippen LogP contribution >= 0.6 is 0 Å². The molecule has 8 heteroatoms. The molecule has 0 bridgehead atoms. The normalized spacial score (nSPS) is 21.9. The molecule has 2 unspecified atom stereocenters. The molecule has 1 aliphatic heterocycles. The van der Waals surface area contributed by atoms with Gasteiger partial charge in [-0.1, -0.05) is 0 Å². The Kier molecular flexibility index (Phi) is 4.69. The first-order valence-electron chi connectivity index (χ1n) is 5.65. The van der Waals surface area contributed by atoms with Crippen molar-refractivity contribution in [1.29, 1.82) is 0 Å². The Morgan fingerprint density at radius 1 is 1.50 bits per heavy atom. The van der Waals surface area contributed by atoms with E-state index in [0.29, 0.717) is 13.0 Å². The molecule has 7 nitrogen and oxygen atoms in total. The smallest absolute Gasteiger partial charge is 0.308 e. The summed E-state index contributed by atoms with van der Waals surface area (Å²) in [5.41, 5.74) is 5.62. The van der Waals surface area contributed by atoms with E-state index in [2.05, 4.69) is 0 Å². The van der Waals surface area contributed by atoms with E-state index in [-0.39, 0.29) is 24.6 Å². The lowest BCUT2D eigenvalue weighted by Crippen LogP contribution is -2.43. The molecule has 1 amide bonds. The fourth-order valence-corrected chi connectivity index (χ4v) is 2.54. The zero-order valence-electron chi connectivity index (χ0n) is 10.2. The fraction of sp³-hybridized carbons (Fsp3) is 0.800. The fourth-order valence-electron chi connectivity index (χ4n) is 1.86. The monoisotopic (exact) mass is 278 g/mol. The number of hydrogen-bond acceptors (Lipinski definition) is 5. The van der Waals surface area contributed by atoms with Crippen molar-refractivity contribution < 1.29 is 23.1 Å². The van der Waals surface area contributed by atoms with Crippen molar-refractivity contribution in [3.8, 4) is 0 Å². The Hall–Kier alpha value is -1.15. The van der Waals surface area contributed by atoms with E-state index in [4.69, 9.17) is 10.8 Å². The van der Waals surface area contributed by atoms with E-state index >= 15 is 0 Å². The predicted molar refractivity (Wildman–Crippen MR) is 64.6 cm³/mol. The van der Waals surface area contributed by atoms with E-state index in [9.17, 15) is 18.0 Å². The van der Waals surface area contributed by atoms with E-state index in [0.717, 1.165) is 6.26 Å². The van der Waals surface area contributed by atoms with Crippen molar-refractivity contribution >= 4 is 21.7 Å². The van der Waals surface area contributed by atoms with Crippen molar-refractivity contribution in [3.63, 3.8) is 0 Å². The minimum Gasteiger partial charge on any atom is -0.481 e. The van der Waals surface area contributed by atoms with Crippen LogP contribution in [0, 0.1) is 5.92 Å². The number of carbonyl (C=O) groups excluding carboxylic acids is 1. The van der Waals surface area contributed by atoms with Crippen LogP contribution in [0.1, 0.15) is 12.8 Å². The molecular weight excluding hydrogens is 260 g/mol. The van der Waals surface area contributed by atoms with Crippen LogP contribution in [-0.2, 0) is 19.4 Å². The number of nitrogens with zero attached hydrogens (tertiary/aromatic N) is 1. The summed E-state index contributed by atoms with van der Waals surface area (Å²) in [6, 6.07) is -0.882. The quantitative estimate of drug-likeness (QED) is 0.644. The van der Waals surface area contributed by atoms with Crippen LogP contribution in [0.25, 0.3) is 0 Å². The second-order valence-electron chi connectivity index (χ2n) is 4.63. The number of carboxylic acid groups (broad SMARTS) is 1. The van der Waals surface area contributed by atoms with E-state index in [1.807, 2.05) is 0 Å². The minimum absolute atomic E-state index is 0.0614. The van der Waals surface area contributed by atoms with Gasteiger partial charge in [-0.15, -0.1) is 0 Å². The lowest BCUT2D eigenvalue weighted by molar-refractivity contribution is -0.141. The molecule has 0 saturated carbocycles. The number of likely N-dealkylation sites (tertiary alicyclic amines) is 1. The second-order valence-corrected chi connectivity index (χ2v) is 6.89. The maximum Gasteiger partial charge on any atom is 0.308 e. The first-order chi connectivity index (χ1) is 8.20. The molecule has 0 aromatic carbocycles. The van der Waals surface area contributed by atoms with Gasteiger partial charge in [0.1, 0.15) is 9.84 Å². The Balaban J connectivity index is 2.48. The topological polar surface area (TPSA) is 118 Å². The molecule has 2 atom stereocenters. The molecule has 0 radical (unpaired) electrons. The number of nitrogens with two attached hydrogens (primary N) is 1. The Morgan fingerprint density at radius 3 is 2.56 bits per heavy atom. The summed E-state index contributed by atoms with van der Waals surface area (Å²) in [5, 5.41) is 8.81. The summed E-state index contributed by atoms with van der Waals surface area (Å²) in [7, 11) is -3.15. The van der Waals surface area contributed by atoms with E-state index in [1.165, 1.54) is 4.90 Å². The SMILES string of the molecule is CS(=O)(=O)CCC(N)C(=O)N1CCC(C(=O)O)C1. The van der Waals surface area contributed by atoms with Crippen LogP contribution in [0.2, 0.25) is 0 Å². The summed E-state index contributed by atoms with van der Waals surface area (Å²) in [6.07, 6.45) is 1.56. The van der Waals surface area contributed by atoms with Crippen LogP contribution in [0.3, 0.4) is 0 Å². The van der Waals surface area contributed by atoms with Crippen molar-refractivity contribution in [2.24, 2.45) is 11.7 Å². The third kappa shape index (κ3) is 4.26. The second kappa shape index (κ2) is 5.66. The number of hydrogen-bond donors (Lipinski definition) is 2. The highest BCUT2D eigenvalue weighted by Gasteiger charge is 2.32. The first-order valence-corrected chi connectivity index (χ1v) is 7.71. The van der Waals surface area contributed by atoms with Gasteiger partial charge in [-0.3, -0.25) is 9.59 Å². The molecule has 1 fully saturated rings. The Bertz CT molecular complexity index is 434. The van der Waals surface area contributed by atoms with Crippen LogP contribution in [-0.4, -0.2) is 61.4 Å². The van der Waals surface area contributed by atoms with E-state index < -0.39 is 27.8 Å². The summed E-state index contributed by atoms with van der Waals surface area (Å²) in [5.74, 6) is -1.98. The minimum atomic E-state index is -3.15. The van der Waals surface area contributed by atoms with Crippen LogP contribution in [0.5, 0.6) is 0 Å². The molecule has 104 valence electrons. The highest BCUT2D eigenvalue weighted by Crippen LogP contribution is 2.17. The van der Waals surface area contributed by atoms with Crippen molar-refractivity contribution in [3.05, 3.63) is 0 Å². The number of aliphatic carboxylic acids is 1. The standard InChI is InChI=1S/C10H18N2O5S/c1-18(16,17)5-3-8(11)9(13)12-4-2-7(6-12)10(14)15/h7-8H,2-6,11H2,1H3,(H,14,15). The predicted octanol–water partition coefficient (Wildman–Crippen LogP) is -1.32. The highest BCUT2D eigenvalue weighted by molar-refractivity contribution is 7.90. The molecule has 0 aromatic heterocycles.